The number of nitrogens with two attached hydrogens (primary N) is 1. The van der Waals surface area contributed by atoms with Gasteiger partial charge in [0, 0.05) is 16.9 Å². The molecule has 0 aliphatic rings. The lowest BCUT2D eigenvalue weighted by molar-refractivity contribution is 0.0527. The summed E-state index contributed by atoms with van der Waals surface area (Å²) >= 11 is 5.77. The van der Waals surface area contributed by atoms with Gasteiger partial charge in [-0.05, 0) is 31.2 Å². The second-order valence-electron chi connectivity index (χ2n) is 4.12. The van der Waals surface area contributed by atoms with Crippen molar-refractivity contribution in [1.82, 2.24) is 4.98 Å². The molecule has 0 bridgehead atoms. The Hall–Kier alpha value is -2.34. The fourth-order valence-corrected chi connectivity index (χ4v) is 1.94. The van der Waals surface area contributed by atoms with Gasteiger partial charge in [-0.2, -0.15) is 0 Å². The molecule has 1 aromatic carbocycles. The van der Waals surface area contributed by atoms with E-state index in [0.717, 1.165) is 0 Å². The van der Waals surface area contributed by atoms with E-state index in [1.54, 1.807) is 6.92 Å². The average molecular weight is 310 g/mol. The van der Waals surface area contributed by atoms with E-state index < -0.39 is 11.8 Å². The molecule has 1 heterocycles. The maximum Gasteiger partial charge on any atom is 0.340 e. The van der Waals surface area contributed by atoms with Crippen molar-refractivity contribution in [3.8, 4) is 0 Å². The summed E-state index contributed by atoms with van der Waals surface area (Å²) in [5.41, 5.74) is 6.57. The van der Waals surface area contributed by atoms with Crippen LogP contribution in [-0.4, -0.2) is 17.6 Å². The second kappa shape index (κ2) is 6.41. The summed E-state index contributed by atoms with van der Waals surface area (Å²) in [6, 6.07) is 5.39. The Kier molecular flexibility index (Phi) is 4.59. The molecule has 0 saturated heterocycles. The summed E-state index contributed by atoms with van der Waals surface area (Å²) in [6.45, 7) is 1.94. The van der Waals surface area contributed by atoms with E-state index in [9.17, 15) is 9.18 Å². The largest absolute Gasteiger partial charge is 0.462 e. The summed E-state index contributed by atoms with van der Waals surface area (Å²) in [5, 5.41) is 3.06. The van der Waals surface area contributed by atoms with Crippen LogP contribution in [-0.2, 0) is 4.74 Å². The third-order valence-electron chi connectivity index (χ3n) is 2.61. The van der Waals surface area contributed by atoms with Crippen LogP contribution in [0.3, 0.4) is 0 Å². The van der Waals surface area contributed by atoms with Gasteiger partial charge in [0.05, 0.1) is 17.9 Å². The fraction of sp³-hybridized carbons (Fsp3) is 0.143. The lowest BCUT2D eigenvalue weighted by Crippen LogP contribution is -2.10. The van der Waals surface area contributed by atoms with Crippen LogP contribution in [0.2, 0.25) is 5.02 Å². The zero-order valence-electron chi connectivity index (χ0n) is 11.2. The van der Waals surface area contributed by atoms with Gasteiger partial charge in [0.25, 0.3) is 0 Å². The molecule has 5 nitrogen and oxygen atoms in total. The van der Waals surface area contributed by atoms with Gasteiger partial charge in [-0.15, -0.1) is 0 Å². The van der Waals surface area contributed by atoms with E-state index in [1.807, 2.05) is 0 Å². The third-order valence-corrected chi connectivity index (χ3v) is 2.83. The van der Waals surface area contributed by atoms with Crippen molar-refractivity contribution in [2.75, 3.05) is 17.7 Å². The predicted molar refractivity (Wildman–Crippen MR) is 79.3 cm³/mol. The molecule has 21 heavy (non-hydrogen) atoms. The lowest BCUT2D eigenvalue weighted by atomic mass is 10.2. The van der Waals surface area contributed by atoms with Crippen molar-refractivity contribution >= 4 is 34.8 Å². The highest BCUT2D eigenvalue weighted by molar-refractivity contribution is 6.30. The van der Waals surface area contributed by atoms with Crippen LogP contribution in [0.5, 0.6) is 0 Å². The van der Waals surface area contributed by atoms with E-state index in [-0.39, 0.29) is 28.7 Å². The minimum atomic E-state index is -0.544. The van der Waals surface area contributed by atoms with Crippen molar-refractivity contribution in [2.45, 2.75) is 6.92 Å². The number of halogens is 2. The molecule has 0 saturated carbocycles. The Morgan fingerprint density at radius 2 is 2.24 bits per heavy atom. The smallest absolute Gasteiger partial charge is 0.340 e. The molecule has 1 aromatic heterocycles. The van der Waals surface area contributed by atoms with Crippen molar-refractivity contribution in [3.63, 3.8) is 0 Å². The number of carbonyl (C=O) groups is 1. The first-order valence-electron chi connectivity index (χ1n) is 6.16. The molecular weight excluding hydrogens is 297 g/mol. The molecule has 0 aliphatic heterocycles. The molecule has 3 N–H and O–H groups in total. The predicted octanol–water partition coefficient (Wildman–Crippen LogP) is 3.38. The Morgan fingerprint density at radius 3 is 2.90 bits per heavy atom. The van der Waals surface area contributed by atoms with Crippen LogP contribution < -0.4 is 11.1 Å². The summed E-state index contributed by atoms with van der Waals surface area (Å²) in [7, 11) is 0. The van der Waals surface area contributed by atoms with Crippen LogP contribution in [0.4, 0.5) is 21.6 Å². The number of benzene rings is 1. The maximum atomic E-state index is 13.3. The Bertz CT molecular complexity index is 659. The van der Waals surface area contributed by atoms with Crippen LogP contribution in [0.1, 0.15) is 17.3 Å². The van der Waals surface area contributed by atoms with Crippen LogP contribution in [0.15, 0.2) is 30.5 Å². The fourth-order valence-electron chi connectivity index (χ4n) is 1.72. The summed E-state index contributed by atoms with van der Waals surface area (Å²) in [4.78, 5) is 15.8. The number of hydrogen-bond acceptors (Lipinski definition) is 5. The van der Waals surface area contributed by atoms with Crippen molar-refractivity contribution in [3.05, 3.63) is 46.9 Å². The third kappa shape index (κ3) is 3.61. The summed E-state index contributed by atoms with van der Waals surface area (Å²) in [5.74, 6) is -0.815. The number of nitrogen functional groups attached to an aromatic ring is 1. The summed E-state index contributed by atoms with van der Waals surface area (Å²) in [6.07, 6.45) is 1.41. The highest BCUT2D eigenvalue weighted by atomic mass is 35.5. The molecule has 0 radical (unpaired) electrons. The number of hydrogen-bond donors (Lipinski definition) is 2. The number of nitrogens with zero attached hydrogens (tertiary/aromatic N) is 1. The van der Waals surface area contributed by atoms with Gasteiger partial charge in [0.2, 0.25) is 0 Å². The number of esters is 1. The average Bonchev–Trinajstić information content (AvgIpc) is 2.40. The van der Waals surface area contributed by atoms with Crippen LogP contribution in [0.25, 0.3) is 0 Å². The van der Waals surface area contributed by atoms with Gasteiger partial charge in [0.15, 0.2) is 5.82 Å². The van der Waals surface area contributed by atoms with E-state index in [2.05, 4.69) is 10.3 Å². The zero-order chi connectivity index (χ0) is 15.4. The molecule has 0 aliphatic carbocycles. The van der Waals surface area contributed by atoms with Crippen molar-refractivity contribution in [2.24, 2.45) is 0 Å². The SMILES string of the molecule is CCOC(=O)c1ccnc(Nc2cc(F)cc(Cl)c2)c1N. The van der Waals surface area contributed by atoms with Crippen LogP contribution >= 0.6 is 11.6 Å². The van der Waals surface area contributed by atoms with Gasteiger partial charge in [-0.1, -0.05) is 11.6 Å². The number of aromatic nitrogens is 1. The van der Waals surface area contributed by atoms with E-state index in [1.165, 1.54) is 30.5 Å². The van der Waals surface area contributed by atoms with E-state index in [0.29, 0.717) is 5.69 Å². The lowest BCUT2D eigenvalue weighted by Gasteiger charge is -2.11. The molecule has 0 amide bonds. The van der Waals surface area contributed by atoms with E-state index in [4.69, 9.17) is 22.1 Å². The normalized spacial score (nSPS) is 10.2. The molecule has 2 rings (SSSR count). The first kappa shape index (κ1) is 15.1. The Labute approximate surface area is 125 Å². The molecule has 7 heteroatoms. The monoisotopic (exact) mass is 309 g/mol. The van der Waals surface area contributed by atoms with Gasteiger partial charge in [-0.3, -0.25) is 0 Å². The molecule has 0 fully saturated rings. The molecular formula is C14H13ClFN3O2. The highest BCUT2D eigenvalue weighted by Crippen LogP contribution is 2.26. The van der Waals surface area contributed by atoms with E-state index >= 15 is 0 Å². The molecule has 0 unspecified atom stereocenters. The highest BCUT2D eigenvalue weighted by Gasteiger charge is 2.14. The zero-order valence-corrected chi connectivity index (χ0v) is 11.9. The van der Waals surface area contributed by atoms with Crippen LogP contribution in [0, 0.1) is 5.82 Å². The number of nitrogens with one attached hydrogen (secondary N) is 1. The second-order valence-corrected chi connectivity index (χ2v) is 4.56. The van der Waals surface area contributed by atoms with Gasteiger partial charge < -0.3 is 15.8 Å². The molecule has 0 atom stereocenters. The first-order valence-corrected chi connectivity index (χ1v) is 6.53. The Balaban J connectivity index is 2.32. The van der Waals surface area contributed by atoms with Gasteiger partial charge in [0.1, 0.15) is 5.82 Å². The quantitative estimate of drug-likeness (QED) is 0.847. The van der Waals surface area contributed by atoms with Crippen molar-refractivity contribution < 1.29 is 13.9 Å². The molecule has 0 spiro atoms. The molecule has 110 valence electrons. The number of pyridine rings is 1. The van der Waals surface area contributed by atoms with Gasteiger partial charge in [-0.25, -0.2) is 14.2 Å². The number of anilines is 3. The number of ether oxygens (including phenoxy) is 1. The standard InChI is InChI=1S/C14H13ClFN3O2/c1-2-21-14(20)11-3-4-18-13(12(11)17)19-10-6-8(15)5-9(16)7-10/h3-7H,2,17H2,1H3,(H,18,19). The topological polar surface area (TPSA) is 77.2 Å². The number of rotatable bonds is 4. The molecule has 2 aromatic rings. The van der Waals surface area contributed by atoms with Crippen molar-refractivity contribution in [1.29, 1.82) is 0 Å². The minimum absolute atomic E-state index is 0.122. The first-order chi connectivity index (χ1) is 10.0. The minimum Gasteiger partial charge on any atom is -0.462 e. The van der Waals surface area contributed by atoms with Gasteiger partial charge >= 0.3 is 5.97 Å². The number of carbonyl (C=O) groups excluding carboxylic acids is 1. The Morgan fingerprint density at radius 1 is 1.48 bits per heavy atom. The maximum absolute atomic E-state index is 13.3. The summed E-state index contributed by atoms with van der Waals surface area (Å²) < 4.78 is 18.2.